The van der Waals surface area contributed by atoms with E-state index in [1.807, 2.05) is 30.3 Å². The molecule has 0 aliphatic rings. The Bertz CT molecular complexity index is 635. The molecule has 6 heteroatoms. The van der Waals surface area contributed by atoms with Gasteiger partial charge in [0, 0.05) is 12.7 Å². The Kier molecular flexibility index (Phi) is 4.61. The van der Waals surface area contributed by atoms with Crippen molar-refractivity contribution in [1.29, 1.82) is 0 Å². The number of nitrogens with two attached hydrogens (primary N) is 1. The van der Waals surface area contributed by atoms with Crippen LogP contribution in [-0.2, 0) is 22.6 Å². The van der Waals surface area contributed by atoms with Crippen LogP contribution in [0.4, 0.5) is 5.69 Å². The number of esters is 1. The van der Waals surface area contributed by atoms with E-state index in [-0.39, 0.29) is 18.1 Å². The lowest BCUT2D eigenvalue weighted by Crippen LogP contribution is -2.28. The zero-order valence-electron chi connectivity index (χ0n) is 11.7. The van der Waals surface area contributed by atoms with Crippen molar-refractivity contribution in [3.63, 3.8) is 0 Å². The van der Waals surface area contributed by atoms with E-state index in [2.05, 4.69) is 10.1 Å². The van der Waals surface area contributed by atoms with Crippen molar-refractivity contribution in [2.75, 3.05) is 12.8 Å². The topological polar surface area (TPSA) is 86.3 Å². The Morgan fingerprint density at radius 1 is 1.29 bits per heavy atom. The van der Waals surface area contributed by atoms with Crippen LogP contribution < -0.4 is 11.1 Å². The third-order valence-corrected chi connectivity index (χ3v) is 2.96. The minimum Gasteiger partial charge on any atom is -0.464 e. The number of aromatic nitrogens is 1. The molecule has 21 heavy (non-hydrogen) atoms. The molecule has 3 N–H and O–H groups in total. The Labute approximate surface area is 122 Å². The predicted molar refractivity (Wildman–Crippen MR) is 78.5 cm³/mol. The number of benzene rings is 1. The first-order valence-corrected chi connectivity index (χ1v) is 6.44. The van der Waals surface area contributed by atoms with Gasteiger partial charge in [0.2, 0.25) is 5.91 Å². The summed E-state index contributed by atoms with van der Waals surface area (Å²) < 4.78 is 6.13. The zero-order valence-corrected chi connectivity index (χ0v) is 11.7. The van der Waals surface area contributed by atoms with Gasteiger partial charge in [0.25, 0.3) is 0 Å². The highest BCUT2D eigenvalue weighted by Crippen LogP contribution is 2.11. The van der Waals surface area contributed by atoms with Crippen molar-refractivity contribution < 1.29 is 14.3 Å². The van der Waals surface area contributed by atoms with Gasteiger partial charge in [0.1, 0.15) is 12.2 Å². The summed E-state index contributed by atoms with van der Waals surface area (Å²) in [7, 11) is 1.28. The Morgan fingerprint density at radius 2 is 2.00 bits per heavy atom. The number of hydrogen-bond acceptors (Lipinski definition) is 4. The highest BCUT2D eigenvalue weighted by Gasteiger charge is 2.15. The molecule has 0 unspecified atom stereocenters. The molecule has 0 aliphatic carbocycles. The third-order valence-electron chi connectivity index (χ3n) is 2.96. The molecule has 1 amide bonds. The number of nitrogens with one attached hydrogen (secondary N) is 1. The van der Waals surface area contributed by atoms with Gasteiger partial charge in [-0.2, -0.15) is 0 Å². The summed E-state index contributed by atoms with van der Waals surface area (Å²) in [5.74, 6) is -0.734. The van der Waals surface area contributed by atoms with Crippen molar-refractivity contribution in [3.05, 3.63) is 53.9 Å². The second-order valence-electron chi connectivity index (χ2n) is 4.54. The van der Waals surface area contributed by atoms with E-state index in [0.717, 1.165) is 5.56 Å². The summed E-state index contributed by atoms with van der Waals surface area (Å²) >= 11 is 0. The SMILES string of the molecule is COC(=O)c1cc(N)cn1CC(=O)NCc1ccccc1. The number of amides is 1. The van der Waals surface area contributed by atoms with Crippen molar-refractivity contribution >= 4 is 17.6 Å². The molecule has 6 nitrogen and oxygen atoms in total. The molecule has 110 valence electrons. The first-order valence-electron chi connectivity index (χ1n) is 6.44. The Balaban J connectivity index is 1.98. The van der Waals surface area contributed by atoms with Crippen LogP contribution in [0, 0.1) is 0 Å². The average Bonchev–Trinajstić information content (AvgIpc) is 2.86. The fourth-order valence-electron chi connectivity index (χ4n) is 1.95. The number of carbonyl (C=O) groups is 2. The quantitative estimate of drug-likeness (QED) is 0.808. The molecule has 0 radical (unpaired) electrons. The number of nitrogens with zero attached hydrogens (tertiary/aromatic N) is 1. The first-order chi connectivity index (χ1) is 10.1. The summed E-state index contributed by atoms with van der Waals surface area (Å²) in [4.78, 5) is 23.5. The molecule has 1 aromatic heterocycles. The minimum absolute atomic E-state index is 0.00840. The molecule has 0 bridgehead atoms. The number of nitrogen functional groups attached to an aromatic ring is 1. The maximum atomic E-state index is 11.9. The van der Waals surface area contributed by atoms with Gasteiger partial charge in [0.05, 0.1) is 12.8 Å². The van der Waals surface area contributed by atoms with Crippen LogP contribution in [0.3, 0.4) is 0 Å². The number of methoxy groups -OCH3 is 1. The molecule has 0 fully saturated rings. The van der Waals surface area contributed by atoms with E-state index in [0.29, 0.717) is 12.2 Å². The number of carbonyl (C=O) groups excluding carboxylic acids is 2. The number of rotatable bonds is 5. The molecular weight excluding hydrogens is 270 g/mol. The standard InChI is InChI=1S/C15H17N3O3/c1-21-15(20)13-7-12(16)9-18(13)10-14(19)17-8-11-5-3-2-4-6-11/h2-7,9H,8,10,16H2,1H3,(H,17,19). The van der Waals surface area contributed by atoms with Crippen molar-refractivity contribution in [2.24, 2.45) is 0 Å². The second-order valence-corrected chi connectivity index (χ2v) is 4.54. The minimum atomic E-state index is -0.525. The lowest BCUT2D eigenvalue weighted by Gasteiger charge is -2.08. The van der Waals surface area contributed by atoms with Crippen molar-refractivity contribution in [3.8, 4) is 0 Å². The van der Waals surface area contributed by atoms with Crippen molar-refractivity contribution in [1.82, 2.24) is 9.88 Å². The maximum Gasteiger partial charge on any atom is 0.354 e. The fourth-order valence-corrected chi connectivity index (χ4v) is 1.95. The van der Waals surface area contributed by atoms with E-state index >= 15 is 0 Å². The van der Waals surface area contributed by atoms with Crippen LogP contribution in [0.1, 0.15) is 16.1 Å². The summed E-state index contributed by atoms with van der Waals surface area (Å²) in [5.41, 5.74) is 7.32. The largest absolute Gasteiger partial charge is 0.464 e. The first kappa shape index (κ1) is 14.6. The predicted octanol–water partition coefficient (Wildman–Crippen LogP) is 1.17. The molecular formula is C15H17N3O3. The van der Waals surface area contributed by atoms with Gasteiger partial charge >= 0.3 is 5.97 Å². The molecule has 0 aliphatic heterocycles. The smallest absolute Gasteiger partial charge is 0.354 e. The second kappa shape index (κ2) is 6.60. The Morgan fingerprint density at radius 3 is 2.67 bits per heavy atom. The van der Waals surface area contributed by atoms with E-state index < -0.39 is 5.97 Å². The molecule has 0 spiro atoms. The Hall–Kier alpha value is -2.76. The summed E-state index contributed by atoms with van der Waals surface area (Å²) in [6.07, 6.45) is 1.54. The fraction of sp³-hybridized carbons (Fsp3) is 0.200. The van der Waals surface area contributed by atoms with Crippen LogP contribution in [0.25, 0.3) is 0 Å². The average molecular weight is 287 g/mol. The monoisotopic (exact) mass is 287 g/mol. The van der Waals surface area contributed by atoms with Gasteiger partial charge < -0.3 is 20.4 Å². The van der Waals surface area contributed by atoms with E-state index in [1.165, 1.54) is 23.9 Å². The van der Waals surface area contributed by atoms with Crippen LogP contribution >= 0.6 is 0 Å². The molecule has 0 atom stereocenters. The molecule has 1 aromatic carbocycles. The van der Waals surface area contributed by atoms with E-state index in [1.54, 1.807) is 0 Å². The van der Waals surface area contributed by atoms with Crippen LogP contribution in [-0.4, -0.2) is 23.6 Å². The van der Waals surface area contributed by atoms with Crippen LogP contribution in [0.15, 0.2) is 42.6 Å². The number of anilines is 1. The van der Waals surface area contributed by atoms with Gasteiger partial charge in [-0.15, -0.1) is 0 Å². The molecule has 2 aromatic rings. The number of hydrogen-bond donors (Lipinski definition) is 2. The highest BCUT2D eigenvalue weighted by molar-refractivity contribution is 5.89. The van der Waals surface area contributed by atoms with Crippen molar-refractivity contribution in [2.45, 2.75) is 13.1 Å². The van der Waals surface area contributed by atoms with Gasteiger partial charge in [-0.3, -0.25) is 4.79 Å². The van der Waals surface area contributed by atoms with Gasteiger partial charge in [0.15, 0.2) is 0 Å². The van der Waals surface area contributed by atoms with Crippen LogP contribution in [0.2, 0.25) is 0 Å². The van der Waals surface area contributed by atoms with Gasteiger partial charge in [-0.25, -0.2) is 4.79 Å². The summed E-state index contributed by atoms with van der Waals surface area (Å²) in [5, 5.41) is 2.79. The highest BCUT2D eigenvalue weighted by atomic mass is 16.5. The molecule has 1 heterocycles. The third kappa shape index (κ3) is 3.85. The maximum absolute atomic E-state index is 11.9. The number of ether oxygens (including phenoxy) is 1. The van der Waals surface area contributed by atoms with Gasteiger partial charge in [-0.1, -0.05) is 30.3 Å². The lowest BCUT2D eigenvalue weighted by molar-refractivity contribution is -0.121. The summed E-state index contributed by atoms with van der Waals surface area (Å²) in [6, 6.07) is 11.1. The lowest BCUT2D eigenvalue weighted by atomic mass is 10.2. The normalized spacial score (nSPS) is 10.1. The van der Waals surface area contributed by atoms with Gasteiger partial charge in [-0.05, 0) is 11.6 Å². The molecule has 2 rings (SSSR count). The van der Waals surface area contributed by atoms with E-state index in [4.69, 9.17) is 5.73 Å². The molecule has 0 saturated heterocycles. The molecule has 0 saturated carbocycles. The van der Waals surface area contributed by atoms with E-state index in [9.17, 15) is 9.59 Å². The van der Waals surface area contributed by atoms with Crippen LogP contribution in [0.5, 0.6) is 0 Å². The summed E-state index contributed by atoms with van der Waals surface area (Å²) in [6.45, 7) is 0.443. The zero-order chi connectivity index (χ0) is 15.2.